The van der Waals surface area contributed by atoms with Crippen molar-refractivity contribution in [2.45, 2.75) is 0 Å². The molecule has 31 heavy (non-hydrogen) atoms. The van der Waals surface area contributed by atoms with Crippen molar-refractivity contribution in [3.8, 4) is 44.9 Å². The number of nitrogens with zero attached hydrogens (tertiary/aromatic N) is 2. The van der Waals surface area contributed by atoms with E-state index in [1.807, 2.05) is 79.0 Å². The molecule has 4 aromatic carbocycles. The monoisotopic (exact) mass is 418 g/mol. The summed E-state index contributed by atoms with van der Waals surface area (Å²) in [7, 11) is 0. The first kappa shape index (κ1) is 19.2. The van der Waals surface area contributed by atoms with Crippen LogP contribution in [-0.4, -0.2) is 9.97 Å². The van der Waals surface area contributed by atoms with E-state index in [9.17, 15) is 0 Å². The molecule has 0 saturated carbocycles. The topological polar surface area (TPSA) is 25.8 Å². The fourth-order valence-corrected chi connectivity index (χ4v) is 4.03. The minimum Gasteiger partial charge on any atom is -0.252 e. The Bertz CT molecular complexity index is 1320. The second-order valence-corrected chi connectivity index (χ2v) is 7.60. The van der Waals surface area contributed by atoms with E-state index in [1.165, 1.54) is 0 Å². The lowest BCUT2D eigenvalue weighted by molar-refractivity contribution is 1.21. The summed E-state index contributed by atoms with van der Waals surface area (Å²) in [4.78, 5) is 9.86. The first-order valence-corrected chi connectivity index (χ1v) is 10.5. The van der Waals surface area contributed by atoms with Gasteiger partial charge in [0.2, 0.25) is 0 Å². The lowest BCUT2D eigenvalue weighted by atomic mass is 10.0. The number of benzene rings is 4. The summed E-state index contributed by atoms with van der Waals surface area (Å²) >= 11 is 6.87. The van der Waals surface area contributed by atoms with Crippen LogP contribution in [0.15, 0.2) is 115 Å². The summed E-state index contributed by atoms with van der Waals surface area (Å²) in [5.41, 5.74) is 7.42. The van der Waals surface area contributed by atoms with Crippen LogP contribution in [0.2, 0.25) is 5.02 Å². The molecule has 0 aliphatic rings. The van der Waals surface area contributed by atoms with Crippen LogP contribution >= 0.6 is 11.6 Å². The molecule has 1 aromatic heterocycles. The third-order valence-electron chi connectivity index (χ3n) is 5.23. The summed E-state index contributed by atoms with van der Waals surface area (Å²) in [6.45, 7) is 0. The van der Waals surface area contributed by atoms with E-state index in [-0.39, 0.29) is 0 Å². The molecule has 0 unspecified atom stereocenters. The number of halogens is 1. The van der Waals surface area contributed by atoms with Gasteiger partial charge in [-0.1, -0.05) is 121 Å². The van der Waals surface area contributed by atoms with Gasteiger partial charge < -0.3 is 0 Å². The highest BCUT2D eigenvalue weighted by Gasteiger charge is 2.16. The van der Waals surface area contributed by atoms with Crippen LogP contribution in [0.1, 0.15) is 0 Å². The Labute approximate surface area is 186 Å². The summed E-state index contributed by atoms with van der Waals surface area (Å²) in [5.74, 6) is 0. The van der Waals surface area contributed by atoms with Crippen molar-refractivity contribution in [1.82, 2.24) is 9.97 Å². The maximum atomic E-state index is 6.87. The fraction of sp³-hybridized carbons (Fsp3) is 0. The Kier molecular flexibility index (Phi) is 5.30. The van der Waals surface area contributed by atoms with Crippen LogP contribution in [0.5, 0.6) is 0 Å². The molecule has 148 valence electrons. The Morgan fingerprint density at radius 3 is 1.61 bits per heavy atom. The second kappa shape index (κ2) is 8.55. The predicted molar refractivity (Wildman–Crippen MR) is 129 cm³/mol. The van der Waals surface area contributed by atoms with Crippen molar-refractivity contribution in [2.24, 2.45) is 0 Å². The van der Waals surface area contributed by atoms with E-state index in [0.29, 0.717) is 5.02 Å². The van der Waals surface area contributed by atoms with E-state index in [0.717, 1.165) is 44.9 Å². The van der Waals surface area contributed by atoms with E-state index in [2.05, 4.69) is 36.4 Å². The van der Waals surface area contributed by atoms with Gasteiger partial charge in [-0.05, 0) is 5.56 Å². The molecule has 0 spiro atoms. The lowest BCUT2D eigenvalue weighted by Crippen LogP contribution is -1.97. The van der Waals surface area contributed by atoms with Gasteiger partial charge in [0.1, 0.15) is 0 Å². The molecule has 5 aromatic rings. The van der Waals surface area contributed by atoms with Crippen LogP contribution in [0, 0.1) is 0 Å². The van der Waals surface area contributed by atoms with Crippen molar-refractivity contribution < 1.29 is 0 Å². The quantitative estimate of drug-likeness (QED) is 0.297. The molecule has 0 N–H and O–H groups in total. The van der Waals surface area contributed by atoms with Gasteiger partial charge in [-0.25, -0.2) is 4.98 Å². The molecule has 0 radical (unpaired) electrons. The number of aromatic nitrogens is 2. The summed E-state index contributed by atoms with van der Waals surface area (Å²) in [6, 6.07) is 36.5. The Hall–Kier alpha value is -3.75. The van der Waals surface area contributed by atoms with Gasteiger partial charge in [-0.15, -0.1) is 0 Å². The smallest absolute Gasteiger partial charge is 0.0972 e. The largest absolute Gasteiger partial charge is 0.252 e. The molecule has 0 aliphatic carbocycles. The highest BCUT2D eigenvalue weighted by atomic mass is 35.5. The van der Waals surface area contributed by atoms with Gasteiger partial charge >= 0.3 is 0 Å². The Morgan fingerprint density at radius 1 is 0.484 bits per heavy atom. The number of hydrogen-bond donors (Lipinski definition) is 0. The molecule has 2 nitrogen and oxygen atoms in total. The summed E-state index contributed by atoms with van der Waals surface area (Å²) < 4.78 is 0. The van der Waals surface area contributed by atoms with Crippen molar-refractivity contribution in [3.05, 3.63) is 120 Å². The zero-order valence-electron chi connectivity index (χ0n) is 16.7. The molecular weight excluding hydrogens is 400 g/mol. The molecule has 0 fully saturated rings. The second-order valence-electron chi connectivity index (χ2n) is 7.22. The molecule has 0 amide bonds. The van der Waals surface area contributed by atoms with E-state index >= 15 is 0 Å². The minimum atomic E-state index is 0.675. The van der Waals surface area contributed by atoms with Gasteiger partial charge in [0.15, 0.2) is 0 Å². The number of rotatable bonds is 4. The summed E-state index contributed by atoms with van der Waals surface area (Å²) in [5, 5.41) is 0.675. The first-order chi connectivity index (χ1) is 15.3. The molecule has 0 aliphatic heterocycles. The van der Waals surface area contributed by atoms with Gasteiger partial charge in [-0.2, -0.15) is 0 Å². The normalized spacial score (nSPS) is 10.7. The third kappa shape index (κ3) is 3.86. The van der Waals surface area contributed by atoms with E-state index in [4.69, 9.17) is 21.6 Å². The third-order valence-corrected chi connectivity index (χ3v) is 5.63. The SMILES string of the molecule is Clc1c(-c2ccccc2)cccc1-c1cnc(-c2ccccc2)c(-c2ccccc2)n1. The molecule has 0 bridgehead atoms. The van der Waals surface area contributed by atoms with Gasteiger partial charge in [0, 0.05) is 22.3 Å². The van der Waals surface area contributed by atoms with Crippen LogP contribution in [0.4, 0.5) is 0 Å². The molecule has 0 saturated heterocycles. The van der Waals surface area contributed by atoms with Crippen molar-refractivity contribution >= 4 is 11.6 Å². The van der Waals surface area contributed by atoms with Crippen molar-refractivity contribution in [1.29, 1.82) is 0 Å². The lowest BCUT2D eigenvalue weighted by Gasteiger charge is -2.13. The van der Waals surface area contributed by atoms with Crippen molar-refractivity contribution in [2.75, 3.05) is 0 Å². The molecule has 1 heterocycles. The minimum absolute atomic E-state index is 0.675. The maximum absolute atomic E-state index is 6.87. The highest BCUT2D eigenvalue weighted by molar-refractivity contribution is 6.36. The van der Waals surface area contributed by atoms with E-state index in [1.54, 1.807) is 0 Å². The highest BCUT2D eigenvalue weighted by Crippen LogP contribution is 2.37. The van der Waals surface area contributed by atoms with Crippen LogP contribution in [0.3, 0.4) is 0 Å². The zero-order valence-corrected chi connectivity index (χ0v) is 17.5. The maximum Gasteiger partial charge on any atom is 0.0972 e. The fourth-order valence-electron chi connectivity index (χ4n) is 3.69. The average molecular weight is 419 g/mol. The van der Waals surface area contributed by atoms with Crippen LogP contribution in [0.25, 0.3) is 44.9 Å². The predicted octanol–water partition coefficient (Wildman–Crippen LogP) is 7.80. The first-order valence-electron chi connectivity index (χ1n) is 10.1. The molecule has 3 heteroatoms. The number of hydrogen-bond acceptors (Lipinski definition) is 2. The van der Waals surface area contributed by atoms with Crippen LogP contribution in [-0.2, 0) is 0 Å². The Balaban J connectivity index is 1.69. The summed E-state index contributed by atoms with van der Waals surface area (Å²) in [6.07, 6.45) is 1.81. The standard InChI is InChI=1S/C28H19ClN2/c29-26-23(20-11-4-1-5-12-20)17-10-18-24(26)25-19-30-27(21-13-6-2-7-14-21)28(31-25)22-15-8-3-9-16-22/h1-19H. The van der Waals surface area contributed by atoms with Gasteiger partial charge in [0.05, 0.1) is 28.3 Å². The molecule has 0 atom stereocenters. The van der Waals surface area contributed by atoms with Gasteiger partial charge in [-0.3, -0.25) is 4.98 Å². The van der Waals surface area contributed by atoms with Gasteiger partial charge in [0.25, 0.3) is 0 Å². The van der Waals surface area contributed by atoms with Crippen molar-refractivity contribution in [3.63, 3.8) is 0 Å². The van der Waals surface area contributed by atoms with Crippen LogP contribution < -0.4 is 0 Å². The van der Waals surface area contributed by atoms with E-state index < -0.39 is 0 Å². The average Bonchev–Trinajstić information content (AvgIpc) is 2.85. The molecule has 5 rings (SSSR count). The Morgan fingerprint density at radius 2 is 1.00 bits per heavy atom. The zero-order chi connectivity index (χ0) is 21.0. The molecular formula is C28H19ClN2.